The van der Waals surface area contributed by atoms with Crippen LogP contribution in [0.15, 0.2) is 12.0 Å². The molecule has 0 spiro atoms. The molecule has 0 aromatic carbocycles. The summed E-state index contributed by atoms with van der Waals surface area (Å²) in [5, 5.41) is 9.34. The summed E-state index contributed by atoms with van der Waals surface area (Å²) in [6, 6.07) is 2.00. The summed E-state index contributed by atoms with van der Waals surface area (Å²) in [6.07, 6.45) is 2.74. The van der Waals surface area contributed by atoms with Crippen molar-refractivity contribution in [2.24, 2.45) is 0 Å². The predicted molar refractivity (Wildman–Crippen MR) is 60.4 cm³/mol. The van der Waals surface area contributed by atoms with Gasteiger partial charge in [0, 0.05) is 24.9 Å². The second-order valence-electron chi connectivity index (χ2n) is 3.23. The first kappa shape index (κ1) is 14.1. The summed E-state index contributed by atoms with van der Waals surface area (Å²) in [6.45, 7) is 6.22. The highest BCUT2D eigenvalue weighted by Gasteiger charge is 2.16. The van der Waals surface area contributed by atoms with E-state index in [-0.39, 0.29) is 0 Å². The molecule has 0 unspecified atom stereocenters. The molecule has 86 valence electrons. The van der Waals surface area contributed by atoms with Crippen LogP contribution in [0.2, 0.25) is 0 Å². The lowest BCUT2D eigenvalue weighted by Crippen LogP contribution is -2.31. The Balaban J connectivity index is 4.32. The molecule has 0 saturated carbocycles. The average molecular weight is 230 g/mol. The lowest BCUT2D eigenvalue weighted by molar-refractivity contribution is 0.404. The van der Waals surface area contributed by atoms with Crippen LogP contribution < -0.4 is 0 Å². The molecule has 0 heterocycles. The highest BCUT2D eigenvalue weighted by Crippen LogP contribution is 2.07. The van der Waals surface area contributed by atoms with Crippen molar-refractivity contribution in [1.29, 1.82) is 5.26 Å². The molecule has 0 aromatic rings. The summed E-state index contributed by atoms with van der Waals surface area (Å²) < 4.78 is 24.4. The van der Waals surface area contributed by atoms with Gasteiger partial charge in [0.15, 0.2) is 0 Å². The summed E-state index contributed by atoms with van der Waals surface area (Å²) in [4.78, 5) is 0. The van der Waals surface area contributed by atoms with Crippen LogP contribution in [0.25, 0.3) is 0 Å². The molecule has 5 heteroatoms. The molecule has 0 fully saturated rings. The Morgan fingerprint density at radius 2 is 2.00 bits per heavy atom. The Bertz CT molecular complexity index is 317. The maximum atomic E-state index is 11.5. The monoisotopic (exact) mass is 230 g/mol. The number of rotatable bonds is 8. The van der Waals surface area contributed by atoms with Crippen LogP contribution in [0.4, 0.5) is 0 Å². The number of nitrogens with zero attached hydrogens (tertiary/aromatic N) is 2. The maximum Gasteiger partial charge on any atom is 0.235 e. The van der Waals surface area contributed by atoms with Crippen molar-refractivity contribution in [2.75, 3.05) is 13.1 Å². The number of nitriles is 1. The minimum absolute atomic E-state index is 0.384. The SMILES string of the molecule is C=CS(=O)(=O)N(CCCC)CCCC#N. The summed E-state index contributed by atoms with van der Waals surface area (Å²) >= 11 is 0. The fraction of sp³-hybridized carbons (Fsp3) is 0.700. The fourth-order valence-electron chi connectivity index (χ4n) is 1.14. The third-order valence-corrected chi connectivity index (χ3v) is 3.53. The Morgan fingerprint density at radius 1 is 1.40 bits per heavy atom. The van der Waals surface area contributed by atoms with Gasteiger partial charge in [-0.1, -0.05) is 19.9 Å². The Morgan fingerprint density at radius 3 is 2.47 bits per heavy atom. The van der Waals surface area contributed by atoms with E-state index in [0.29, 0.717) is 25.9 Å². The molecule has 0 aliphatic heterocycles. The van der Waals surface area contributed by atoms with Gasteiger partial charge in [0.2, 0.25) is 10.0 Å². The van der Waals surface area contributed by atoms with Gasteiger partial charge < -0.3 is 0 Å². The first-order valence-electron chi connectivity index (χ1n) is 5.08. The van der Waals surface area contributed by atoms with Gasteiger partial charge in [-0.3, -0.25) is 0 Å². The molecule has 0 bridgehead atoms. The van der Waals surface area contributed by atoms with Crippen LogP contribution in [0.1, 0.15) is 32.6 Å². The first-order chi connectivity index (χ1) is 7.08. The molecular weight excluding hydrogens is 212 g/mol. The molecular formula is C10H18N2O2S. The van der Waals surface area contributed by atoms with Gasteiger partial charge in [-0.15, -0.1) is 0 Å². The van der Waals surface area contributed by atoms with Gasteiger partial charge in [-0.2, -0.15) is 9.57 Å². The predicted octanol–water partition coefficient (Wildman–Crippen LogP) is 1.87. The first-order valence-corrected chi connectivity index (χ1v) is 6.58. The van der Waals surface area contributed by atoms with Crippen LogP contribution >= 0.6 is 0 Å². The summed E-state index contributed by atoms with van der Waals surface area (Å²) in [5.74, 6) is 0. The van der Waals surface area contributed by atoms with Crippen LogP contribution in [0.3, 0.4) is 0 Å². The van der Waals surface area contributed by atoms with E-state index in [1.54, 1.807) is 0 Å². The topological polar surface area (TPSA) is 61.2 Å². The minimum Gasteiger partial charge on any atom is -0.208 e. The van der Waals surface area contributed by atoms with Crippen LogP contribution in [0.5, 0.6) is 0 Å². The van der Waals surface area contributed by atoms with E-state index in [2.05, 4.69) is 6.58 Å². The van der Waals surface area contributed by atoms with Gasteiger partial charge in [-0.05, 0) is 12.8 Å². The van der Waals surface area contributed by atoms with E-state index in [1.165, 1.54) is 4.31 Å². The summed E-state index contributed by atoms with van der Waals surface area (Å²) in [7, 11) is -3.33. The van der Waals surface area contributed by atoms with Crippen molar-refractivity contribution in [3.63, 3.8) is 0 Å². The number of hydrogen-bond donors (Lipinski definition) is 0. The third kappa shape index (κ3) is 5.55. The molecule has 0 radical (unpaired) electrons. The fourth-order valence-corrected chi connectivity index (χ4v) is 2.12. The van der Waals surface area contributed by atoms with Gasteiger partial charge in [0.05, 0.1) is 6.07 Å². The molecule has 0 aromatic heterocycles. The molecule has 4 nitrogen and oxygen atoms in total. The van der Waals surface area contributed by atoms with Gasteiger partial charge in [-0.25, -0.2) is 8.42 Å². The van der Waals surface area contributed by atoms with Crippen molar-refractivity contribution in [1.82, 2.24) is 4.31 Å². The Kier molecular flexibility index (Phi) is 7.01. The number of unbranched alkanes of at least 4 members (excludes halogenated alkanes) is 2. The van der Waals surface area contributed by atoms with E-state index < -0.39 is 10.0 Å². The van der Waals surface area contributed by atoms with E-state index in [0.717, 1.165) is 18.2 Å². The van der Waals surface area contributed by atoms with Crippen molar-refractivity contribution in [3.05, 3.63) is 12.0 Å². The van der Waals surface area contributed by atoms with Gasteiger partial charge in [0.25, 0.3) is 0 Å². The highest BCUT2D eigenvalue weighted by molar-refractivity contribution is 7.92. The largest absolute Gasteiger partial charge is 0.235 e. The molecule has 0 amide bonds. The molecule has 15 heavy (non-hydrogen) atoms. The third-order valence-electron chi connectivity index (χ3n) is 2.03. The van der Waals surface area contributed by atoms with Crippen LogP contribution in [-0.4, -0.2) is 25.8 Å². The van der Waals surface area contributed by atoms with Crippen molar-refractivity contribution < 1.29 is 8.42 Å². The number of sulfonamides is 1. The van der Waals surface area contributed by atoms with E-state index in [9.17, 15) is 8.42 Å². The smallest absolute Gasteiger partial charge is 0.208 e. The quantitative estimate of drug-likeness (QED) is 0.598. The van der Waals surface area contributed by atoms with E-state index in [4.69, 9.17) is 5.26 Å². The molecule has 0 saturated heterocycles. The Hall–Kier alpha value is -0.860. The Labute approximate surface area is 92.2 Å². The standard InChI is InChI=1S/C10H18N2O2S/c1-3-5-9-12(10-7-6-8-11)15(13,14)4-2/h4H,2-3,5-7,9-10H2,1H3. The zero-order valence-corrected chi connectivity index (χ0v) is 9.96. The molecule has 0 N–H and O–H groups in total. The number of hydrogen-bond acceptors (Lipinski definition) is 3. The zero-order chi connectivity index (χ0) is 11.7. The summed E-state index contributed by atoms with van der Waals surface area (Å²) in [5.41, 5.74) is 0. The van der Waals surface area contributed by atoms with Crippen molar-refractivity contribution in [3.8, 4) is 6.07 Å². The minimum atomic E-state index is -3.33. The second kappa shape index (κ2) is 7.43. The highest BCUT2D eigenvalue weighted by atomic mass is 32.2. The molecule has 0 aliphatic rings. The molecule has 0 rings (SSSR count). The van der Waals surface area contributed by atoms with Crippen molar-refractivity contribution >= 4 is 10.0 Å². The van der Waals surface area contributed by atoms with Crippen LogP contribution in [-0.2, 0) is 10.0 Å². The van der Waals surface area contributed by atoms with E-state index in [1.807, 2.05) is 13.0 Å². The second-order valence-corrected chi connectivity index (χ2v) is 5.11. The maximum absolute atomic E-state index is 11.5. The van der Waals surface area contributed by atoms with Crippen molar-refractivity contribution in [2.45, 2.75) is 32.6 Å². The normalized spacial score (nSPS) is 11.3. The zero-order valence-electron chi connectivity index (χ0n) is 9.15. The lowest BCUT2D eigenvalue weighted by Gasteiger charge is -2.19. The molecule has 0 aliphatic carbocycles. The van der Waals surface area contributed by atoms with Crippen LogP contribution in [0, 0.1) is 11.3 Å². The van der Waals surface area contributed by atoms with Gasteiger partial charge >= 0.3 is 0 Å². The lowest BCUT2D eigenvalue weighted by atomic mass is 10.3. The average Bonchev–Trinajstić information content (AvgIpc) is 2.23. The molecule has 0 atom stereocenters. The van der Waals surface area contributed by atoms with Gasteiger partial charge in [0.1, 0.15) is 0 Å². The van der Waals surface area contributed by atoms with E-state index >= 15 is 0 Å².